The molecule has 2 N–H and O–H groups in total. The van der Waals surface area contributed by atoms with Gasteiger partial charge in [-0.15, -0.1) is 0 Å². The number of nitrogens with zero attached hydrogens (tertiary/aromatic N) is 3. The number of guanidine groups is 1. The first kappa shape index (κ1) is 18.2. The lowest BCUT2D eigenvalue weighted by molar-refractivity contribution is -0.145. The van der Waals surface area contributed by atoms with Gasteiger partial charge in [-0.2, -0.15) is 5.10 Å². The van der Waals surface area contributed by atoms with Crippen LogP contribution in [0.2, 0.25) is 0 Å². The Morgan fingerprint density at radius 3 is 2.80 bits per heavy atom. The third kappa shape index (κ3) is 3.84. The first-order chi connectivity index (χ1) is 12.2. The number of aromatic nitrogens is 2. The van der Waals surface area contributed by atoms with E-state index in [-0.39, 0.29) is 0 Å². The molecule has 6 heteroatoms. The van der Waals surface area contributed by atoms with Crippen molar-refractivity contribution in [2.75, 3.05) is 13.2 Å². The summed E-state index contributed by atoms with van der Waals surface area (Å²) >= 11 is 0. The summed E-state index contributed by atoms with van der Waals surface area (Å²) in [4.78, 5) is 4.78. The molecule has 1 aromatic heterocycles. The molecule has 2 atom stereocenters. The van der Waals surface area contributed by atoms with Crippen molar-refractivity contribution >= 4 is 5.96 Å². The van der Waals surface area contributed by atoms with Gasteiger partial charge in [0.1, 0.15) is 0 Å². The van der Waals surface area contributed by atoms with Gasteiger partial charge in [-0.25, -0.2) is 4.99 Å². The van der Waals surface area contributed by atoms with Gasteiger partial charge in [0.25, 0.3) is 0 Å². The number of hydrogen-bond donors (Lipinski definition) is 2. The molecule has 3 rings (SSSR count). The molecule has 1 spiro atoms. The maximum Gasteiger partial charge on any atom is 0.191 e. The largest absolute Gasteiger partial charge is 0.378 e. The van der Waals surface area contributed by atoms with Crippen LogP contribution in [0.4, 0.5) is 0 Å². The number of ether oxygens (including phenoxy) is 1. The smallest absolute Gasteiger partial charge is 0.191 e. The molecule has 2 fully saturated rings. The van der Waals surface area contributed by atoms with E-state index in [0.29, 0.717) is 24.1 Å². The molecular weight excluding hydrogens is 314 g/mol. The average Bonchev–Trinajstić information content (AvgIpc) is 3.04. The monoisotopic (exact) mass is 347 g/mol. The molecule has 0 radical (unpaired) electrons. The Morgan fingerprint density at radius 1 is 1.36 bits per heavy atom. The van der Waals surface area contributed by atoms with Gasteiger partial charge >= 0.3 is 0 Å². The average molecular weight is 348 g/mol. The maximum atomic E-state index is 6.07. The Hall–Kier alpha value is -1.56. The molecule has 140 valence electrons. The fourth-order valence-electron chi connectivity index (χ4n) is 4.47. The van der Waals surface area contributed by atoms with Crippen LogP contribution < -0.4 is 10.6 Å². The molecular formula is C19H33N5O. The van der Waals surface area contributed by atoms with E-state index in [4.69, 9.17) is 9.73 Å². The summed E-state index contributed by atoms with van der Waals surface area (Å²) in [6, 6.07) is 2.48. The summed E-state index contributed by atoms with van der Waals surface area (Å²) in [6.45, 7) is 6.54. The highest BCUT2D eigenvalue weighted by Crippen LogP contribution is 2.53. The molecule has 0 bridgehead atoms. The van der Waals surface area contributed by atoms with E-state index < -0.39 is 0 Å². The van der Waals surface area contributed by atoms with Crippen molar-refractivity contribution in [1.82, 2.24) is 20.4 Å². The summed E-state index contributed by atoms with van der Waals surface area (Å²) in [7, 11) is 1.96. The predicted octanol–water partition coefficient (Wildman–Crippen LogP) is 2.60. The topological polar surface area (TPSA) is 63.5 Å². The van der Waals surface area contributed by atoms with Crippen molar-refractivity contribution in [2.45, 2.75) is 71.1 Å². The molecule has 2 aliphatic rings. The van der Waals surface area contributed by atoms with E-state index in [0.717, 1.165) is 31.2 Å². The highest BCUT2D eigenvalue weighted by Gasteiger charge is 2.55. The van der Waals surface area contributed by atoms with Crippen molar-refractivity contribution in [3.8, 4) is 0 Å². The molecule has 0 aliphatic heterocycles. The highest BCUT2D eigenvalue weighted by molar-refractivity contribution is 5.80. The Bertz CT molecular complexity index is 576. The van der Waals surface area contributed by atoms with E-state index in [1.165, 1.54) is 32.1 Å². The van der Waals surface area contributed by atoms with Crippen LogP contribution in [0.5, 0.6) is 0 Å². The van der Waals surface area contributed by atoms with Crippen LogP contribution in [0, 0.1) is 5.41 Å². The third-order valence-electron chi connectivity index (χ3n) is 5.91. The minimum Gasteiger partial charge on any atom is -0.378 e. The molecule has 0 amide bonds. The van der Waals surface area contributed by atoms with Gasteiger partial charge in [0.05, 0.1) is 18.3 Å². The number of aliphatic imine (C=N–C) groups is 1. The van der Waals surface area contributed by atoms with Crippen molar-refractivity contribution in [3.63, 3.8) is 0 Å². The SMILES string of the molecule is CCNC(=NCc1ccnn1C)NC1CC(OCC)C12CCCCC2. The quantitative estimate of drug-likeness (QED) is 0.613. The molecule has 2 unspecified atom stereocenters. The summed E-state index contributed by atoms with van der Waals surface area (Å²) in [6.07, 6.45) is 9.88. The van der Waals surface area contributed by atoms with Crippen LogP contribution in [-0.4, -0.2) is 41.0 Å². The van der Waals surface area contributed by atoms with Gasteiger partial charge in [-0.1, -0.05) is 19.3 Å². The van der Waals surface area contributed by atoms with Crippen molar-refractivity contribution in [1.29, 1.82) is 0 Å². The van der Waals surface area contributed by atoms with E-state index in [2.05, 4.69) is 29.6 Å². The highest BCUT2D eigenvalue weighted by atomic mass is 16.5. The molecule has 1 heterocycles. The first-order valence-electron chi connectivity index (χ1n) is 9.83. The second-order valence-electron chi connectivity index (χ2n) is 7.31. The van der Waals surface area contributed by atoms with Crippen LogP contribution in [0.1, 0.15) is 58.1 Å². The summed E-state index contributed by atoms with van der Waals surface area (Å²) < 4.78 is 7.94. The Morgan fingerprint density at radius 2 is 2.16 bits per heavy atom. The molecule has 1 aromatic rings. The molecule has 0 aromatic carbocycles. The Labute approximate surface area is 151 Å². The molecule has 0 saturated heterocycles. The van der Waals surface area contributed by atoms with Crippen molar-refractivity contribution < 1.29 is 4.74 Å². The minimum absolute atomic E-state index is 0.303. The van der Waals surface area contributed by atoms with Gasteiger partial charge in [0, 0.05) is 37.9 Å². The lowest BCUT2D eigenvalue weighted by Crippen LogP contribution is -2.66. The standard InChI is InChI=1S/C19H33N5O/c1-4-20-18(21-14-15-9-12-22-24(15)3)23-16-13-17(25-5-2)19(16)10-7-6-8-11-19/h9,12,16-17H,4-8,10-11,13-14H2,1-3H3,(H2,20,21,23). The fourth-order valence-corrected chi connectivity index (χ4v) is 4.47. The van der Waals surface area contributed by atoms with Crippen LogP contribution in [0.25, 0.3) is 0 Å². The zero-order chi connectivity index (χ0) is 17.7. The van der Waals surface area contributed by atoms with E-state index >= 15 is 0 Å². The van der Waals surface area contributed by atoms with Gasteiger partial charge < -0.3 is 15.4 Å². The van der Waals surface area contributed by atoms with Gasteiger partial charge in [-0.05, 0) is 39.2 Å². The van der Waals surface area contributed by atoms with E-state index in [1.807, 2.05) is 24.0 Å². The first-order valence-corrected chi connectivity index (χ1v) is 9.83. The zero-order valence-electron chi connectivity index (χ0n) is 15.9. The summed E-state index contributed by atoms with van der Waals surface area (Å²) in [5, 5.41) is 11.3. The zero-order valence-corrected chi connectivity index (χ0v) is 15.9. The van der Waals surface area contributed by atoms with Gasteiger partial charge in [-0.3, -0.25) is 4.68 Å². The second kappa shape index (κ2) is 8.21. The number of hydrogen-bond acceptors (Lipinski definition) is 3. The fraction of sp³-hybridized carbons (Fsp3) is 0.789. The van der Waals surface area contributed by atoms with Crippen LogP contribution in [0.15, 0.2) is 17.3 Å². The Kier molecular flexibility index (Phi) is 5.99. The van der Waals surface area contributed by atoms with Gasteiger partial charge in [0.2, 0.25) is 0 Å². The summed E-state index contributed by atoms with van der Waals surface area (Å²) in [5.41, 5.74) is 1.42. The molecule has 25 heavy (non-hydrogen) atoms. The third-order valence-corrected chi connectivity index (χ3v) is 5.91. The van der Waals surface area contributed by atoms with Crippen LogP contribution in [0.3, 0.4) is 0 Å². The number of rotatable bonds is 6. The molecule has 2 saturated carbocycles. The van der Waals surface area contributed by atoms with Gasteiger partial charge in [0.15, 0.2) is 5.96 Å². The summed E-state index contributed by atoms with van der Waals surface area (Å²) in [5.74, 6) is 0.911. The lowest BCUT2D eigenvalue weighted by atomic mass is 9.55. The van der Waals surface area contributed by atoms with Crippen molar-refractivity contribution in [2.24, 2.45) is 17.5 Å². The number of nitrogens with one attached hydrogen (secondary N) is 2. The number of aryl methyl sites for hydroxylation is 1. The maximum absolute atomic E-state index is 6.07. The Balaban J connectivity index is 1.67. The van der Waals surface area contributed by atoms with E-state index in [9.17, 15) is 0 Å². The minimum atomic E-state index is 0.303. The molecule has 6 nitrogen and oxygen atoms in total. The van der Waals surface area contributed by atoms with Crippen molar-refractivity contribution in [3.05, 3.63) is 18.0 Å². The second-order valence-corrected chi connectivity index (χ2v) is 7.31. The molecule has 2 aliphatic carbocycles. The normalized spacial score (nSPS) is 25.6. The lowest BCUT2D eigenvalue weighted by Gasteiger charge is -2.58. The van der Waals surface area contributed by atoms with E-state index in [1.54, 1.807) is 0 Å². The predicted molar refractivity (Wildman–Crippen MR) is 100 cm³/mol. The van der Waals surface area contributed by atoms with Crippen LogP contribution >= 0.6 is 0 Å². The van der Waals surface area contributed by atoms with Crippen LogP contribution in [-0.2, 0) is 18.3 Å².